The third-order valence-electron chi connectivity index (χ3n) is 4.75. The molecule has 6 heteroatoms. The van der Waals surface area contributed by atoms with E-state index in [9.17, 15) is 4.79 Å². The molecule has 4 nitrogen and oxygen atoms in total. The monoisotopic (exact) mass is 451 g/mol. The van der Waals surface area contributed by atoms with Gasteiger partial charge in [-0.05, 0) is 73.9 Å². The second kappa shape index (κ2) is 7.47. The van der Waals surface area contributed by atoms with Gasteiger partial charge in [0.05, 0.1) is 21.8 Å². The van der Waals surface area contributed by atoms with Crippen LogP contribution in [-0.2, 0) is 4.74 Å². The van der Waals surface area contributed by atoms with Gasteiger partial charge in [0.15, 0.2) is 0 Å². The zero-order chi connectivity index (χ0) is 20.6. The number of halogens is 1. The van der Waals surface area contributed by atoms with E-state index in [1.54, 1.807) is 0 Å². The van der Waals surface area contributed by atoms with Crippen LogP contribution in [0.4, 0.5) is 10.5 Å². The Morgan fingerprint density at radius 2 is 1.56 bits per heavy atom. The highest BCUT2D eigenvalue weighted by molar-refractivity contribution is 9.10. The maximum Gasteiger partial charge on any atom is 0.425 e. The molecule has 0 aliphatic rings. The molecule has 2 rings (SSSR count). The van der Waals surface area contributed by atoms with Gasteiger partial charge in [0.1, 0.15) is 11.4 Å². The number of hydrogen-bond acceptors (Lipinski definition) is 3. The van der Waals surface area contributed by atoms with Gasteiger partial charge in [0.2, 0.25) is 8.32 Å². The van der Waals surface area contributed by atoms with Crippen LogP contribution in [0, 0.1) is 0 Å². The highest BCUT2D eigenvalue weighted by atomic mass is 79.9. The van der Waals surface area contributed by atoms with Gasteiger partial charge in [-0.2, -0.15) is 0 Å². The van der Waals surface area contributed by atoms with Crippen LogP contribution in [0.1, 0.15) is 41.5 Å². The SMILES string of the molecule is CC(C)(C)OC(=O)N(Br)c1ccc2ccc(O[Si](C)(C)C(C)(C)C)cc2c1. The molecule has 27 heavy (non-hydrogen) atoms. The zero-order valence-corrected chi connectivity index (χ0v) is 20.1. The van der Waals surface area contributed by atoms with E-state index in [-0.39, 0.29) is 5.04 Å². The molecule has 0 spiro atoms. The molecule has 0 aliphatic heterocycles. The fourth-order valence-corrected chi connectivity index (χ4v) is 3.57. The van der Waals surface area contributed by atoms with Gasteiger partial charge in [-0.1, -0.05) is 32.9 Å². The van der Waals surface area contributed by atoms with Crippen molar-refractivity contribution < 1.29 is 14.0 Å². The maximum atomic E-state index is 12.3. The van der Waals surface area contributed by atoms with E-state index in [2.05, 4.69) is 50.0 Å². The molecule has 1 amide bonds. The fourth-order valence-electron chi connectivity index (χ4n) is 2.25. The third-order valence-corrected chi connectivity index (χ3v) is 9.81. The molecule has 0 fully saturated rings. The first-order chi connectivity index (χ1) is 12.2. The summed E-state index contributed by atoms with van der Waals surface area (Å²) in [5, 5.41) is 2.23. The van der Waals surface area contributed by atoms with E-state index in [1.807, 2.05) is 57.2 Å². The Morgan fingerprint density at radius 1 is 0.963 bits per heavy atom. The van der Waals surface area contributed by atoms with Crippen molar-refractivity contribution in [1.82, 2.24) is 0 Å². The number of carbonyl (C=O) groups is 1. The average molecular weight is 452 g/mol. The van der Waals surface area contributed by atoms with Crippen molar-refractivity contribution in [3.05, 3.63) is 36.4 Å². The van der Waals surface area contributed by atoms with Crippen LogP contribution in [0.2, 0.25) is 18.1 Å². The van der Waals surface area contributed by atoms with E-state index >= 15 is 0 Å². The number of carbonyl (C=O) groups excluding carboxylic acids is 1. The molecule has 0 heterocycles. The summed E-state index contributed by atoms with van der Waals surface area (Å²) < 4.78 is 13.2. The van der Waals surface area contributed by atoms with Gasteiger partial charge >= 0.3 is 6.09 Å². The van der Waals surface area contributed by atoms with Gasteiger partial charge in [-0.15, -0.1) is 0 Å². The number of anilines is 1. The van der Waals surface area contributed by atoms with Crippen LogP contribution in [0.3, 0.4) is 0 Å². The molecule has 0 saturated heterocycles. The molecular weight excluding hydrogens is 422 g/mol. The van der Waals surface area contributed by atoms with Gasteiger partial charge in [-0.25, -0.2) is 8.72 Å². The number of benzene rings is 2. The quantitative estimate of drug-likeness (QED) is 0.363. The van der Waals surface area contributed by atoms with Crippen molar-refractivity contribution >= 4 is 47.0 Å². The maximum absolute atomic E-state index is 12.3. The van der Waals surface area contributed by atoms with Crippen LogP contribution in [-0.4, -0.2) is 20.0 Å². The van der Waals surface area contributed by atoms with E-state index in [1.165, 1.54) is 3.93 Å². The molecule has 0 N–H and O–H groups in total. The van der Waals surface area contributed by atoms with Crippen LogP contribution >= 0.6 is 16.1 Å². The Labute approximate surface area is 172 Å². The van der Waals surface area contributed by atoms with Gasteiger partial charge in [-0.3, -0.25) is 0 Å². The van der Waals surface area contributed by atoms with Gasteiger partial charge in [0, 0.05) is 0 Å². The number of rotatable bonds is 3. The number of hydrogen-bond donors (Lipinski definition) is 0. The first-order valence-corrected chi connectivity index (χ1v) is 12.7. The lowest BCUT2D eigenvalue weighted by molar-refractivity contribution is 0.0614. The number of fused-ring (bicyclic) bond motifs is 1. The molecule has 0 aliphatic carbocycles. The van der Waals surface area contributed by atoms with Crippen LogP contribution in [0.15, 0.2) is 36.4 Å². The minimum absolute atomic E-state index is 0.132. The largest absolute Gasteiger partial charge is 0.543 e. The molecular formula is C21H30BrNO3Si. The Hall–Kier alpha value is -1.53. The normalized spacial score (nSPS) is 12.8. The molecule has 0 unspecified atom stereocenters. The van der Waals surface area contributed by atoms with Crippen LogP contribution < -0.4 is 8.35 Å². The number of ether oxygens (including phenoxy) is 1. The van der Waals surface area contributed by atoms with Crippen molar-refractivity contribution in [1.29, 1.82) is 0 Å². The Kier molecular flexibility index (Phi) is 6.02. The lowest BCUT2D eigenvalue weighted by Gasteiger charge is -2.36. The Bertz CT molecular complexity index is 837. The van der Waals surface area contributed by atoms with Gasteiger partial charge in [0.25, 0.3) is 0 Å². The zero-order valence-electron chi connectivity index (χ0n) is 17.5. The predicted octanol–water partition coefficient (Wildman–Crippen LogP) is 7.28. The molecule has 148 valence electrons. The van der Waals surface area contributed by atoms with Crippen molar-refractivity contribution in [3.63, 3.8) is 0 Å². The first-order valence-electron chi connectivity index (χ1n) is 9.11. The van der Waals surface area contributed by atoms with E-state index in [4.69, 9.17) is 9.16 Å². The first kappa shape index (κ1) is 21.8. The Morgan fingerprint density at radius 3 is 2.11 bits per heavy atom. The molecule has 2 aromatic rings. The molecule has 0 bridgehead atoms. The summed E-state index contributed by atoms with van der Waals surface area (Å²) in [6.07, 6.45) is -0.449. The summed E-state index contributed by atoms with van der Waals surface area (Å²) >= 11 is 3.32. The molecule has 2 aromatic carbocycles. The number of nitrogens with zero attached hydrogens (tertiary/aromatic N) is 1. The summed E-state index contributed by atoms with van der Waals surface area (Å²) in [7, 11) is -1.91. The standard InChI is InChI=1S/C21H30BrNO3Si/c1-20(2,3)25-19(24)23(22)17-11-9-15-10-12-18(14-16(15)13-17)26-27(7,8)21(4,5)6/h9-14H,1-8H3. The second-order valence-corrected chi connectivity index (χ2v) is 14.8. The van der Waals surface area contributed by atoms with Crippen LogP contribution in [0.5, 0.6) is 5.75 Å². The topological polar surface area (TPSA) is 38.8 Å². The molecule has 0 saturated carbocycles. The molecule has 0 aromatic heterocycles. The van der Waals surface area contributed by atoms with Gasteiger partial charge < -0.3 is 9.16 Å². The van der Waals surface area contributed by atoms with E-state index in [0.29, 0.717) is 5.69 Å². The van der Waals surface area contributed by atoms with Crippen LogP contribution in [0.25, 0.3) is 10.8 Å². The second-order valence-electron chi connectivity index (χ2n) is 9.32. The summed E-state index contributed by atoms with van der Waals surface area (Å²) in [6, 6.07) is 11.9. The highest BCUT2D eigenvalue weighted by Crippen LogP contribution is 2.38. The van der Waals surface area contributed by atoms with E-state index in [0.717, 1.165) is 16.5 Å². The van der Waals surface area contributed by atoms with Crippen molar-refractivity contribution in [2.45, 2.75) is 65.3 Å². The lowest BCUT2D eigenvalue weighted by atomic mass is 10.1. The fraction of sp³-hybridized carbons (Fsp3) is 0.476. The summed E-state index contributed by atoms with van der Waals surface area (Å²) in [4.78, 5) is 12.3. The highest BCUT2D eigenvalue weighted by Gasteiger charge is 2.39. The summed E-state index contributed by atoms with van der Waals surface area (Å²) in [5.74, 6) is 0.865. The Balaban J connectivity index is 2.32. The summed E-state index contributed by atoms with van der Waals surface area (Å²) in [5.41, 5.74) is 0.158. The number of amides is 1. The smallest absolute Gasteiger partial charge is 0.425 e. The minimum Gasteiger partial charge on any atom is -0.543 e. The van der Waals surface area contributed by atoms with Crippen molar-refractivity contribution in [2.75, 3.05) is 3.93 Å². The average Bonchev–Trinajstić information content (AvgIpc) is 2.50. The minimum atomic E-state index is -1.91. The molecule has 0 radical (unpaired) electrons. The predicted molar refractivity (Wildman–Crippen MR) is 119 cm³/mol. The lowest BCUT2D eigenvalue weighted by Crippen LogP contribution is -2.43. The molecule has 0 atom stereocenters. The summed E-state index contributed by atoms with van der Waals surface area (Å²) in [6.45, 7) is 16.7. The van der Waals surface area contributed by atoms with E-state index < -0.39 is 20.0 Å². The van der Waals surface area contributed by atoms with Crippen molar-refractivity contribution in [3.8, 4) is 5.75 Å². The van der Waals surface area contributed by atoms with Crippen molar-refractivity contribution in [2.24, 2.45) is 0 Å². The third kappa shape index (κ3) is 5.48.